The summed E-state index contributed by atoms with van der Waals surface area (Å²) < 4.78 is 10.4. The SMILES string of the molecule is COc1cc(N)cc(C(=O)NCCCN2CCOCC2)c1. The lowest BCUT2D eigenvalue weighted by Crippen LogP contribution is -2.38. The van der Waals surface area contributed by atoms with Gasteiger partial charge in [0.25, 0.3) is 5.91 Å². The molecule has 6 heteroatoms. The fourth-order valence-electron chi connectivity index (χ4n) is 2.30. The van der Waals surface area contributed by atoms with Crippen molar-refractivity contribution >= 4 is 11.6 Å². The third-order valence-corrected chi connectivity index (χ3v) is 3.47. The van der Waals surface area contributed by atoms with E-state index in [1.807, 2.05) is 0 Å². The third-order valence-electron chi connectivity index (χ3n) is 3.47. The molecule has 0 saturated carbocycles. The Labute approximate surface area is 125 Å². The summed E-state index contributed by atoms with van der Waals surface area (Å²) >= 11 is 0. The van der Waals surface area contributed by atoms with Gasteiger partial charge in [-0.25, -0.2) is 0 Å². The summed E-state index contributed by atoms with van der Waals surface area (Å²) in [6.45, 7) is 5.17. The average molecular weight is 293 g/mol. The summed E-state index contributed by atoms with van der Waals surface area (Å²) in [5.74, 6) is 0.469. The molecule has 116 valence electrons. The number of carbonyl (C=O) groups is 1. The van der Waals surface area contributed by atoms with Crippen LogP contribution >= 0.6 is 0 Å². The summed E-state index contributed by atoms with van der Waals surface area (Å²) in [5.41, 5.74) is 6.79. The zero-order valence-electron chi connectivity index (χ0n) is 12.4. The molecular weight excluding hydrogens is 270 g/mol. The zero-order chi connectivity index (χ0) is 15.1. The molecule has 1 heterocycles. The van der Waals surface area contributed by atoms with Gasteiger partial charge in [-0.15, -0.1) is 0 Å². The molecule has 21 heavy (non-hydrogen) atoms. The lowest BCUT2D eigenvalue weighted by Gasteiger charge is -2.26. The Balaban J connectivity index is 1.75. The number of anilines is 1. The summed E-state index contributed by atoms with van der Waals surface area (Å²) in [7, 11) is 1.55. The normalized spacial score (nSPS) is 15.7. The number of ether oxygens (including phenoxy) is 2. The minimum atomic E-state index is -0.123. The Morgan fingerprint density at radius 3 is 2.86 bits per heavy atom. The second-order valence-electron chi connectivity index (χ2n) is 5.06. The van der Waals surface area contributed by atoms with Crippen molar-refractivity contribution in [2.75, 3.05) is 52.2 Å². The van der Waals surface area contributed by atoms with E-state index in [-0.39, 0.29) is 5.91 Å². The van der Waals surface area contributed by atoms with Gasteiger partial charge in [0, 0.05) is 37.0 Å². The van der Waals surface area contributed by atoms with Gasteiger partial charge in [-0.05, 0) is 25.1 Å². The standard InChI is InChI=1S/C15H23N3O3/c1-20-14-10-12(9-13(16)11-14)15(19)17-3-2-4-18-5-7-21-8-6-18/h9-11H,2-8,16H2,1H3,(H,17,19). The minimum absolute atomic E-state index is 0.123. The third kappa shape index (κ3) is 4.91. The Bertz CT molecular complexity index is 473. The van der Waals surface area contributed by atoms with Crippen molar-refractivity contribution in [1.29, 1.82) is 0 Å². The van der Waals surface area contributed by atoms with Gasteiger partial charge in [-0.2, -0.15) is 0 Å². The molecule has 0 aliphatic carbocycles. The van der Waals surface area contributed by atoms with Crippen LogP contribution in [-0.4, -0.2) is 57.3 Å². The summed E-state index contributed by atoms with van der Waals surface area (Å²) in [6, 6.07) is 5.03. The van der Waals surface area contributed by atoms with Gasteiger partial charge in [-0.1, -0.05) is 0 Å². The molecule has 0 bridgehead atoms. The number of nitrogens with two attached hydrogens (primary N) is 1. The summed E-state index contributed by atoms with van der Waals surface area (Å²) in [5, 5.41) is 2.91. The van der Waals surface area contributed by atoms with E-state index < -0.39 is 0 Å². The average Bonchev–Trinajstić information content (AvgIpc) is 2.51. The molecule has 1 aromatic carbocycles. The first-order chi connectivity index (χ1) is 10.2. The Morgan fingerprint density at radius 2 is 2.14 bits per heavy atom. The van der Waals surface area contributed by atoms with Crippen molar-refractivity contribution in [3.8, 4) is 5.75 Å². The molecule has 0 atom stereocenters. The zero-order valence-corrected chi connectivity index (χ0v) is 12.4. The van der Waals surface area contributed by atoms with Crippen molar-refractivity contribution < 1.29 is 14.3 Å². The van der Waals surface area contributed by atoms with Crippen LogP contribution < -0.4 is 15.8 Å². The van der Waals surface area contributed by atoms with E-state index in [4.69, 9.17) is 15.2 Å². The predicted octanol–water partition coefficient (Wildman–Crippen LogP) is 0.730. The van der Waals surface area contributed by atoms with Gasteiger partial charge in [0.2, 0.25) is 0 Å². The minimum Gasteiger partial charge on any atom is -0.497 e. The van der Waals surface area contributed by atoms with E-state index in [2.05, 4.69) is 10.2 Å². The van der Waals surface area contributed by atoms with Gasteiger partial charge in [0.05, 0.1) is 20.3 Å². The number of nitrogen functional groups attached to an aromatic ring is 1. The molecule has 0 unspecified atom stereocenters. The molecule has 1 amide bonds. The first kappa shape index (κ1) is 15.6. The van der Waals surface area contributed by atoms with E-state index in [1.54, 1.807) is 25.3 Å². The number of morpholine rings is 1. The van der Waals surface area contributed by atoms with Crippen molar-refractivity contribution in [1.82, 2.24) is 10.2 Å². The predicted molar refractivity (Wildman–Crippen MR) is 81.6 cm³/mol. The fourth-order valence-corrected chi connectivity index (χ4v) is 2.30. The molecular formula is C15H23N3O3. The van der Waals surface area contributed by atoms with Crippen LogP contribution in [0.5, 0.6) is 5.75 Å². The van der Waals surface area contributed by atoms with Crippen LogP contribution in [0.25, 0.3) is 0 Å². The van der Waals surface area contributed by atoms with Gasteiger partial charge in [0.1, 0.15) is 5.75 Å². The highest BCUT2D eigenvalue weighted by atomic mass is 16.5. The number of hydrogen-bond acceptors (Lipinski definition) is 5. The highest BCUT2D eigenvalue weighted by Crippen LogP contribution is 2.18. The number of rotatable bonds is 6. The van der Waals surface area contributed by atoms with Crippen LogP contribution in [0.1, 0.15) is 16.8 Å². The van der Waals surface area contributed by atoms with Crippen LogP contribution in [0, 0.1) is 0 Å². The van der Waals surface area contributed by atoms with E-state index >= 15 is 0 Å². The number of nitrogens with zero attached hydrogens (tertiary/aromatic N) is 1. The second kappa shape index (κ2) is 7.85. The van der Waals surface area contributed by atoms with Crippen LogP contribution in [-0.2, 0) is 4.74 Å². The van der Waals surface area contributed by atoms with Crippen molar-refractivity contribution in [3.05, 3.63) is 23.8 Å². The molecule has 0 aromatic heterocycles. The number of carbonyl (C=O) groups excluding carboxylic acids is 1. The molecule has 2 rings (SSSR count). The number of methoxy groups -OCH3 is 1. The maximum absolute atomic E-state index is 12.1. The first-order valence-electron chi connectivity index (χ1n) is 7.22. The summed E-state index contributed by atoms with van der Waals surface area (Å²) in [4.78, 5) is 14.4. The maximum atomic E-state index is 12.1. The van der Waals surface area contributed by atoms with Gasteiger partial charge in [-0.3, -0.25) is 9.69 Å². The first-order valence-corrected chi connectivity index (χ1v) is 7.22. The molecule has 6 nitrogen and oxygen atoms in total. The monoisotopic (exact) mass is 293 g/mol. The molecule has 1 fully saturated rings. The van der Waals surface area contributed by atoms with Gasteiger partial charge in [0.15, 0.2) is 0 Å². The highest BCUT2D eigenvalue weighted by Gasteiger charge is 2.11. The second-order valence-corrected chi connectivity index (χ2v) is 5.06. The number of benzene rings is 1. The van der Waals surface area contributed by atoms with E-state index in [0.29, 0.717) is 23.5 Å². The fraction of sp³-hybridized carbons (Fsp3) is 0.533. The van der Waals surface area contributed by atoms with Crippen LogP contribution in [0.3, 0.4) is 0 Å². The quantitative estimate of drug-likeness (QED) is 0.597. The molecule has 1 aliphatic heterocycles. The molecule has 1 saturated heterocycles. The van der Waals surface area contributed by atoms with Gasteiger partial charge < -0.3 is 20.5 Å². The van der Waals surface area contributed by atoms with Crippen molar-refractivity contribution in [3.63, 3.8) is 0 Å². The Kier molecular flexibility index (Phi) is 5.83. The van der Waals surface area contributed by atoms with Crippen molar-refractivity contribution in [2.45, 2.75) is 6.42 Å². The van der Waals surface area contributed by atoms with Crippen LogP contribution in [0.4, 0.5) is 5.69 Å². The van der Waals surface area contributed by atoms with Gasteiger partial charge >= 0.3 is 0 Å². The largest absolute Gasteiger partial charge is 0.497 e. The van der Waals surface area contributed by atoms with E-state index in [9.17, 15) is 4.79 Å². The van der Waals surface area contributed by atoms with E-state index in [1.165, 1.54) is 0 Å². The highest BCUT2D eigenvalue weighted by molar-refractivity contribution is 5.95. The van der Waals surface area contributed by atoms with Crippen molar-refractivity contribution in [2.24, 2.45) is 0 Å². The Hall–Kier alpha value is -1.79. The van der Waals surface area contributed by atoms with Crippen LogP contribution in [0.15, 0.2) is 18.2 Å². The number of nitrogens with one attached hydrogen (secondary N) is 1. The lowest BCUT2D eigenvalue weighted by atomic mass is 10.1. The molecule has 3 N–H and O–H groups in total. The molecule has 1 aliphatic rings. The molecule has 1 aromatic rings. The molecule has 0 radical (unpaired) electrons. The number of hydrogen-bond donors (Lipinski definition) is 2. The molecule has 0 spiro atoms. The number of amides is 1. The topological polar surface area (TPSA) is 76.8 Å². The van der Waals surface area contributed by atoms with E-state index in [0.717, 1.165) is 39.3 Å². The summed E-state index contributed by atoms with van der Waals surface area (Å²) in [6.07, 6.45) is 0.922. The Morgan fingerprint density at radius 1 is 1.38 bits per heavy atom. The smallest absolute Gasteiger partial charge is 0.251 e. The van der Waals surface area contributed by atoms with Crippen LogP contribution in [0.2, 0.25) is 0 Å². The lowest BCUT2D eigenvalue weighted by molar-refractivity contribution is 0.0374. The maximum Gasteiger partial charge on any atom is 0.251 e.